The van der Waals surface area contributed by atoms with Crippen molar-refractivity contribution < 1.29 is 18.0 Å². The van der Waals surface area contributed by atoms with E-state index in [1.54, 1.807) is 6.92 Å². The molecule has 6 nitrogen and oxygen atoms in total. The lowest BCUT2D eigenvalue weighted by molar-refractivity contribution is -0.137. The van der Waals surface area contributed by atoms with Crippen LogP contribution in [-0.4, -0.2) is 20.7 Å². The van der Waals surface area contributed by atoms with E-state index in [-0.39, 0.29) is 11.2 Å². The summed E-state index contributed by atoms with van der Waals surface area (Å²) < 4.78 is 41.3. The van der Waals surface area contributed by atoms with E-state index < -0.39 is 29.8 Å². The Morgan fingerprint density at radius 2 is 1.85 bits per heavy atom. The van der Waals surface area contributed by atoms with Gasteiger partial charge in [0.15, 0.2) is 5.52 Å². The molecule has 0 fully saturated rings. The predicted molar refractivity (Wildman–Crippen MR) is 121 cm³/mol. The normalized spacial score (nSPS) is 11.7. The Morgan fingerprint density at radius 3 is 2.55 bits per heavy atom. The third-order valence-electron chi connectivity index (χ3n) is 5.04. The summed E-state index contributed by atoms with van der Waals surface area (Å²) in [6.45, 7) is 5.08. The molecular weight excluding hydrogens is 453 g/mol. The zero-order valence-corrected chi connectivity index (χ0v) is 18.8. The topological polar surface area (TPSA) is 76.9 Å². The van der Waals surface area contributed by atoms with Crippen LogP contribution in [0.3, 0.4) is 0 Å². The Kier molecular flexibility index (Phi) is 5.79. The number of aromatic nitrogens is 3. The summed E-state index contributed by atoms with van der Waals surface area (Å²) in [4.78, 5) is 29.9. The number of aryl methyl sites for hydroxylation is 3. The Morgan fingerprint density at radius 1 is 1.12 bits per heavy atom. The fourth-order valence-corrected chi connectivity index (χ4v) is 4.50. The minimum atomic E-state index is -4.63. The van der Waals surface area contributed by atoms with Crippen molar-refractivity contribution in [3.05, 3.63) is 74.5 Å². The number of carbonyl (C=O) groups excluding carboxylic acids is 1. The first kappa shape index (κ1) is 22.7. The molecule has 1 N–H and O–H groups in total. The van der Waals surface area contributed by atoms with Crippen molar-refractivity contribution >= 4 is 33.1 Å². The van der Waals surface area contributed by atoms with E-state index in [0.29, 0.717) is 15.4 Å². The number of alkyl halides is 3. The maximum atomic E-state index is 13.2. The van der Waals surface area contributed by atoms with Gasteiger partial charge in [-0.25, -0.2) is 9.67 Å². The van der Waals surface area contributed by atoms with Gasteiger partial charge in [0.2, 0.25) is 5.91 Å². The molecule has 0 aliphatic heterocycles. The van der Waals surface area contributed by atoms with E-state index in [1.807, 2.05) is 32.0 Å². The lowest BCUT2D eigenvalue weighted by Crippen LogP contribution is -2.30. The van der Waals surface area contributed by atoms with Crippen LogP contribution in [0.1, 0.15) is 21.7 Å². The van der Waals surface area contributed by atoms with Crippen LogP contribution in [0.25, 0.3) is 21.5 Å². The van der Waals surface area contributed by atoms with Gasteiger partial charge in [-0.3, -0.25) is 9.59 Å². The number of benzene rings is 2. The predicted octanol–water partition coefficient (Wildman–Crippen LogP) is 5.10. The number of para-hydroxylation sites is 1. The van der Waals surface area contributed by atoms with Crippen LogP contribution < -0.4 is 10.9 Å². The summed E-state index contributed by atoms with van der Waals surface area (Å²) >= 11 is 1.32. The van der Waals surface area contributed by atoms with Gasteiger partial charge in [-0.1, -0.05) is 35.9 Å². The van der Waals surface area contributed by atoms with Gasteiger partial charge < -0.3 is 5.32 Å². The molecule has 4 aromatic rings. The number of nitrogens with one attached hydrogen (secondary N) is 1. The number of hydrogen-bond acceptors (Lipinski definition) is 5. The maximum absolute atomic E-state index is 13.2. The summed E-state index contributed by atoms with van der Waals surface area (Å²) in [5.41, 5.74) is 1.51. The smallest absolute Gasteiger partial charge is 0.324 e. The minimum Gasteiger partial charge on any atom is -0.324 e. The van der Waals surface area contributed by atoms with Crippen molar-refractivity contribution in [3.63, 3.8) is 0 Å². The molecule has 0 aliphatic rings. The zero-order valence-electron chi connectivity index (χ0n) is 17.9. The van der Waals surface area contributed by atoms with Crippen molar-refractivity contribution in [1.82, 2.24) is 14.8 Å². The van der Waals surface area contributed by atoms with E-state index >= 15 is 0 Å². The van der Waals surface area contributed by atoms with Crippen molar-refractivity contribution in [2.75, 3.05) is 5.32 Å². The molecule has 1 amide bonds. The molecule has 0 saturated carbocycles. The average Bonchev–Trinajstić information content (AvgIpc) is 3.12. The lowest BCUT2D eigenvalue weighted by Gasteiger charge is -2.14. The zero-order chi connectivity index (χ0) is 23.9. The third kappa shape index (κ3) is 4.51. The van der Waals surface area contributed by atoms with Crippen LogP contribution in [0.2, 0.25) is 0 Å². The van der Waals surface area contributed by atoms with Gasteiger partial charge in [-0.15, -0.1) is 11.3 Å². The van der Waals surface area contributed by atoms with Gasteiger partial charge in [0.25, 0.3) is 5.56 Å². The van der Waals surface area contributed by atoms with E-state index in [9.17, 15) is 22.8 Å². The van der Waals surface area contributed by atoms with Crippen LogP contribution in [0, 0.1) is 20.8 Å². The lowest BCUT2D eigenvalue weighted by atomic mass is 10.0. The highest BCUT2D eigenvalue weighted by Gasteiger charge is 2.33. The summed E-state index contributed by atoms with van der Waals surface area (Å²) in [6, 6.07) is 10.4. The Labute approximate surface area is 190 Å². The number of thiazole rings is 1. The van der Waals surface area contributed by atoms with Gasteiger partial charge in [0.05, 0.1) is 21.0 Å². The van der Waals surface area contributed by atoms with Crippen molar-refractivity contribution in [1.29, 1.82) is 0 Å². The van der Waals surface area contributed by atoms with E-state index in [0.717, 1.165) is 33.5 Å². The Balaban J connectivity index is 1.76. The summed E-state index contributed by atoms with van der Waals surface area (Å²) in [5, 5.41) is 7.33. The molecular formula is C23H19F3N4O2S. The number of halogens is 3. The number of carbonyl (C=O) groups is 1. The molecule has 0 radical (unpaired) electrons. The molecule has 0 bridgehead atoms. The van der Waals surface area contributed by atoms with Crippen LogP contribution in [0.5, 0.6) is 0 Å². The third-order valence-corrected chi connectivity index (χ3v) is 6.02. The molecule has 170 valence electrons. The van der Waals surface area contributed by atoms with E-state index in [4.69, 9.17) is 0 Å². The van der Waals surface area contributed by atoms with Crippen LogP contribution >= 0.6 is 11.3 Å². The quantitative estimate of drug-likeness (QED) is 0.448. The number of rotatable bonds is 4. The van der Waals surface area contributed by atoms with Gasteiger partial charge in [0, 0.05) is 5.56 Å². The highest BCUT2D eigenvalue weighted by atomic mass is 32.1. The van der Waals surface area contributed by atoms with E-state index in [1.165, 1.54) is 23.5 Å². The standard InChI is InChI=1S/C23H19F3N4O2S/c1-12-8-9-15(13(2)10-12)19-21-20(27-14(3)33-21)22(32)30(29-19)11-18(31)28-17-7-5-4-6-16(17)23(24,25)26/h4-10H,11H2,1-3H3,(H,28,31). The summed E-state index contributed by atoms with van der Waals surface area (Å²) in [7, 11) is 0. The molecule has 2 aromatic heterocycles. The highest BCUT2D eigenvalue weighted by molar-refractivity contribution is 7.19. The number of nitrogens with zero attached hydrogens (tertiary/aromatic N) is 3. The number of amides is 1. The van der Waals surface area contributed by atoms with Gasteiger partial charge >= 0.3 is 6.18 Å². The van der Waals surface area contributed by atoms with Gasteiger partial charge in [-0.2, -0.15) is 18.3 Å². The van der Waals surface area contributed by atoms with Crippen molar-refractivity contribution in [2.24, 2.45) is 0 Å². The first-order chi connectivity index (χ1) is 15.5. The van der Waals surface area contributed by atoms with Crippen molar-refractivity contribution in [2.45, 2.75) is 33.5 Å². The minimum absolute atomic E-state index is 0.172. The monoisotopic (exact) mass is 472 g/mol. The van der Waals surface area contributed by atoms with Crippen LogP contribution in [-0.2, 0) is 17.5 Å². The second-order valence-corrected chi connectivity index (χ2v) is 8.84. The maximum Gasteiger partial charge on any atom is 0.418 e. The molecule has 0 unspecified atom stereocenters. The Bertz CT molecular complexity index is 1440. The molecule has 10 heteroatoms. The number of anilines is 1. The first-order valence-electron chi connectivity index (χ1n) is 9.96. The summed E-state index contributed by atoms with van der Waals surface area (Å²) in [6.07, 6.45) is -4.63. The molecule has 0 atom stereocenters. The average molecular weight is 472 g/mol. The van der Waals surface area contributed by atoms with Crippen LogP contribution in [0.4, 0.5) is 18.9 Å². The highest BCUT2D eigenvalue weighted by Crippen LogP contribution is 2.35. The molecule has 0 aliphatic carbocycles. The number of fused-ring (bicyclic) bond motifs is 1. The van der Waals surface area contributed by atoms with Crippen molar-refractivity contribution in [3.8, 4) is 11.3 Å². The van der Waals surface area contributed by atoms with E-state index in [2.05, 4.69) is 15.4 Å². The second-order valence-electron chi connectivity index (χ2n) is 7.63. The molecule has 0 spiro atoms. The molecule has 2 heterocycles. The second kappa shape index (κ2) is 8.43. The Hall–Kier alpha value is -3.53. The molecule has 2 aromatic carbocycles. The molecule has 33 heavy (non-hydrogen) atoms. The summed E-state index contributed by atoms with van der Waals surface area (Å²) in [5.74, 6) is -0.806. The fourth-order valence-electron chi connectivity index (χ4n) is 3.59. The first-order valence-corrected chi connectivity index (χ1v) is 10.8. The SMILES string of the molecule is Cc1ccc(-c2nn(CC(=O)Nc3ccccc3C(F)(F)F)c(=O)c3nc(C)sc23)c(C)c1. The van der Waals surface area contributed by atoms with Crippen LogP contribution in [0.15, 0.2) is 47.3 Å². The largest absolute Gasteiger partial charge is 0.418 e. The van der Waals surface area contributed by atoms with Gasteiger partial charge in [-0.05, 0) is 38.5 Å². The molecule has 0 saturated heterocycles. The molecule has 4 rings (SSSR count). The number of hydrogen-bond donors (Lipinski definition) is 1. The van der Waals surface area contributed by atoms with Gasteiger partial charge in [0.1, 0.15) is 12.2 Å². The fraction of sp³-hybridized carbons (Fsp3) is 0.217.